The zero-order valence-electron chi connectivity index (χ0n) is 13.2. The zero-order valence-corrected chi connectivity index (χ0v) is 13.2. The van der Waals surface area contributed by atoms with Crippen LogP contribution in [0.2, 0.25) is 0 Å². The predicted molar refractivity (Wildman–Crippen MR) is 80.8 cm³/mol. The molecule has 0 bridgehead atoms. The van der Waals surface area contributed by atoms with E-state index in [-0.39, 0.29) is 17.9 Å². The lowest BCUT2D eigenvalue weighted by molar-refractivity contribution is 0.203. The van der Waals surface area contributed by atoms with Gasteiger partial charge in [0.15, 0.2) is 0 Å². The minimum absolute atomic E-state index is 0.208. The molecule has 1 heterocycles. The summed E-state index contributed by atoms with van der Waals surface area (Å²) in [5.74, 6) is 0.418. The van der Waals surface area contributed by atoms with Gasteiger partial charge in [-0.1, -0.05) is 17.3 Å². The summed E-state index contributed by atoms with van der Waals surface area (Å²) >= 11 is 0. The van der Waals surface area contributed by atoms with Crippen molar-refractivity contribution in [3.05, 3.63) is 52.7 Å². The van der Waals surface area contributed by atoms with Crippen LogP contribution in [0.1, 0.15) is 35.5 Å². The van der Waals surface area contributed by atoms with Gasteiger partial charge >= 0.3 is 6.03 Å². The predicted octanol–water partition coefficient (Wildman–Crippen LogP) is 3.33. The quantitative estimate of drug-likeness (QED) is 0.942. The summed E-state index contributed by atoms with van der Waals surface area (Å²) in [6.07, 6.45) is 0. The molecular weight excluding hydrogens is 285 g/mol. The smallest absolute Gasteiger partial charge is 0.317 e. The van der Waals surface area contributed by atoms with Gasteiger partial charge in [0.05, 0.1) is 18.3 Å². The lowest BCUT2D eigenvalue weighted by Gasteiger charge is -2.21. The zero-order chi connectivity index (χ0) is 16.3. The molecule has 1 aromatic carbocycles. The Hall–Kier alpha value is -2.37. The molecular formula is C16H20FN3O2. The third kappa shape index (κ3) is 3.63. The highest BCUT2D eigenvalue weighted by molar-refractivity contribution is 5.74. The number of rotatable bonds is 4. The van der Waals surface area contributed by atoms with Crippen molar-refractivity contribution in [2.45, 2.75) is 33.4 Å². The molecule has 0 aliphatic heterocycles. The second-order valence-corrected chi connectivity index (χ2v) is 5.38. The van der Waals surface area contributed by atoms with E-state index in [2.05, 4.69) is 10.5 Å². The first-order chi connectivity index (χ1) is 10.4. The van der Waals surface area contributed by atoms with Crippen LogP contribution in [0.4, 0.5) is 9.18 Å². The van der Waals surface area contributed by atoms with E-state index >= 15 is 0 Å². The van der Waals surface area contributed by atoms with Crippen molar-refractivity contribution in [3.8, 4) is 0 Å². The Morgan fingerprint density at radius 3 is 2.55 bits per heavy atom. The molecule has 1 N–H and O–H groups in total. The molecule has 1 aromatic heterocycles. The molecule has 22 heavy (non-hydrogen) atoms. The molecule has 0 saturated heterocycles. The summed E-state index contributed by atoms with van der Waals surface area (Å²) in [6, 6.07) is 5.66. The van der Waals surface area contributed by atoms with Gasteiger partial charge in [0, 0.05) is 12.6 Å². The topological polar surface area (TPSA) is 58.4 Å². The highest BCUT2D eigenvalue weighted by Crippen LogP contribution is 2.16. The molecule has 0 saturated carbocycles. The van der Waals surface area contributed by atoms with E-state index in [1.807, 2.05) is 20.8 Å². The molecule has 118 valence electrons. The van der Waals surface area contributed by atoms with Crippen LogP contribution in [0, 0.1) is 19.7 Å². The third-order valence-electron chi connectivity index (χ3n) is 3.63. The third-order valence-corrected chi connectivity index (χ3v) is 3.63. The summed E-state index contributed by atoms with van der Waals surface area (Å²) in [5, 5.41) is 6.76. The van der Waals surface area contributed by atoms with Gasteiger partial charge in [-0.15, -0.1) is 0 Å². The number of carbonyl (C=O) groups is 1. The maximum absolute atomic E-state index is 12.9. The molecule has 0 spiro atoms. The van der Waals surface area contributed by atoms with Crippen LogP contribution in [0.15, 0.2) is 28.8 Å². The molecule has 2 amide bonds. The number of nitrogens with zero attached hydrogens (tertiary/aromatic N) is 2. The molecule has 1 unspecified atom stereocenters. The number of benzene rings is 1. The Balaban J connectivity index is 1.97. The Bertz CT molecular complexity index is 632. The highest BCUT2D eigenvalue weighted by Gasteiger charge is 2.17. The molecule has 0 fully saturated rings. The van der Waals surface area contributed by atoms with E-state index in [1.54, 1.807) is 24.1 Å². The maximum Gasteiger partial charge on any atom is 0.317 e. The van der Waals surface area contributed by atoms with E-state index in [1.165, 1.54) is 12.1 Å². The number of hydrogen-bond donors (Lipinski definition) is 1. The van der Waals surface area contributed by atoms with Gasteiger partial charge in [0.2, 0.25) is 0 Å². The van der Waals surface area contributed by atoms with Gasteiger partial charge in [-0.25, -0.2) is 9.18 Å². The Kier molecular flexibility index (Phi) is 4.80. The van der Waals surface area contributed by atoms with Gasteiger partial charge in [-0.2, -0.15) is 0 Å². The molecule has 1 atom stereocenters. The van der Waals surface area contributed by atoms with E-state index in [0.29, 0.717) is 12.3 Å². The van der Waals surface area contributed by atoms with Crippen LogP contribution in [-0.4, -0.2) is 23.1 Å². The monoisotopic (exact) mass is 305 g/mol. The summed E-state index contributed by atoms with van der Waals surface area (Å²) in [4.78, 5) is 13.8. The molecule has 2 aromatic rings. The van der Waals surface area contributed by atoms with Gasteiger partial charge in [0.1, 0.15) is 11.6 Å². The van der Waals surface area contributed by atoms with Crippen molar-refractivity contribution in [1.29, 1.82) is 0 Å². The number of nitrogens with one attached hydrogen (secondary N) is 1. The highest BCUT2D eigenvalue weighted by atomic mass is 19.1. The number of aromatic nitrogens is 1. The SMILES string of the molecule is Cc1noc(C)c1CN(C)C(=O)NC(C)c1ccc(F)cc1. The van der Waals surface area contributed by atoms with Crippen molar-refractivity contribution in [2.75, 3.05) is 7.05 Å². The van der Waals surface area contributed by atoms with Crippen LogP contribution in [0.5, 0.6) is 0 Å². The number of halogens is 1. The fraction of sp³-hybridized carbons (Fsp3) is 0.375. The molecule has 0 radical (unpaired) electrons. The Morgan fingerprint density at radius 1 is 1.36 bits per heavy atom. The van der Waals surface area contributed by atoms with E-state index in [4.69, 9.17) is 4.52 Å². The molecule has 2 rings (SSSR count). The fourth-order valence-corrected chi connectivity index (χ4v) is 2.17. The summed E-state index contributed by atoms with van der Waals surface area (Å²) in [7, 11) is 1.71. The maximum atomic E-state index is 12.9. The van der Waals surface area contributed by atoms with Crippen LogP contribution in [0.25, 0.3) is 0 Å². The number of aryl methyl sites for hydroxylation is 2. The standard InChI is InChI=1S/C16H20FN3O2/c1-10(13-5-7-14(17)8-6-13)18-16(21)20(4)9-15-11(2)19-22-12(15)3/h5-8,10H,9H2,1-4H3,(H,18,21). The van der Waals surface area contributed by atoms with Gasteiger partial charge in [0.25, 0.3) is 0 Å². The van der Waals surface area contributed by atoms with Crippen molar-refractivity contribution >= 4 is 6.03 Å². The summed E-state index contributed by atoms with van der Waals surface area (Å²) < 4.78 is 18.0. The first-order valence-electron chi connectivity index (χ1n) is 7.07. The average molecular weight is 305 g/mol. The first-order valence-corrected chi connectivity index (χ1v) is 7.07. The second-order valence-electron chi connectivity index (χ2n) is 5.38. The largest absolute Gasteiger partial charge is 0.361 e. The van der Waals surface area contributed by atoms with Gasteiger partial charge in [-0.05, 0) is 38.5 Å². The number of urea groups is 1. The Morgan fingerprint density at radius 2 is 2.00 bits per heavy atom. The molecule has 6 heteroatoms. The van der Waals surface area contributed by atoms with Crippen LogP contribution in [0.3, 0.4) is 0 Å². The van der Waals surface area contributed by atoms with Crippen LogP contribution >= 0.6 is 0 Å². The van der Waals surface area contributed by atoms with Crippen LogP contribution < -0.4 is 5.32 Å². The van der Waals surface area contributed by atoms with E-state index < -0.39 is 0 Å². The van der Waals surface area contributed by atoms with Crippen molar-refractivity contribution in [1.82, 2.24) is 15.4 Å². The molecule has 5 nitrogen and oxygen atoms in total. The summed E-state index contributed by atoms with van der Waals surface area (Å²) in [6.45, 7) is 5.94. The van der Waals surface area contributed by atoms with E-state index in [0.717, 1.165) is 16.8 Å². The van der Waals surface area contributed by atoms with Crippen molar-refractivity contribution in [2.24, 2.45) is 0 Å². The van der Waals surface area contributed by atoms with Crippen molar-refractivity contribution < 1.29 is 13.7 Å². The lowest BCUT2D eigenvalue weighted by Crippen LogP contribution is -2.38. The minimum atomic E-state index is -0.294. The Labute approximate surface area is 129 Å². The number of amides is 2. The molecule has 0 aliphatic rings. The molecule has 0 aliphatic carbocycles. The van der Waals surface area contributed by atoms with Gasteiger partial charge in [-0.3, -0.25) is 0 Å². The van der Waals surface area contributed by atoms with Crippen LogP contribution in [-0.2, 0) is 6.54 Å². The lowest BCUT2D eigenvalue weighted by atomic mass is 10.1. The van der Waals surface area contributed by atoms with E-state index in [9.17, 15) is 9.18 Å². The second kappa shape index (κ2) is 6.60. The normalized spacial score (nSPS) is 12.0. The van der Waals surface area contributed by atoms with Crippen molar-refractivity contribution in [3.63, 3.8) is 0 Å². The minimum Gasteiger partial charge on any atom is -0.361 e. The fourth-order valence-electron chi connectivity index (χ4n) is 2.17. The first kappa shape index (κ1) is 16.0. The summed E-state index contributed by atoms with van der Waals surface area (Å²) in [5.41, 5.74) is 2.54. The number of carbonyl (C=O) groups excluding carboxylic acids is 1. The number of hydrogen-bond acceptors (Lipinski definition) is 3. The average Bonchev–Trinajstić information content (AvgIpc) is 2.79. The van der Waals surface area contributed by atoms with Gasteiger partial charge < -0.3 is 14.7 Å².